The highest BCUT2D eigenvalue weighted by molar-refractivity contribution is 5.99. The van der Waals surface area contributed by atoms with E-state index in [1.807, 2.05) is 0 Å². The van der Waals surface area contributed by atoms with E-state index in [9.17, 15) is 4.79 Å². The Bertz CT molecular complexity index is 629. The van der Waals surface area contributed by atoms with Crippen molar-refractivity contribution in [2.45, 2.75) is 33.1 Å². The van der Waals surface area contributed by atoms with Crippen molar-refractivity contribution in [1.29, 1.82) is 0 Å². The lowest BCUT2D eigenvalue weighted by atomic mass is 9.99. The van der Waals surface area contributed by atoms with Gasteiger partial charge in [0.15, 0.2) is 6.29 Å². The van der Waals surface area contributed by atoms with E-state index < -0.39 is 0 Å². The van der Waals surface area contributed by atoms with Gasteiger partial charge in [0.2, 0.25) is 0 Å². The summed E-state index contributed by atoms with van der Waals surface area (Å²) >= 11 is 0. The standard InChI is InChI=1S/C15H15NO/c1-9-6-12-13(8-17)11-4-3-5-14(11)16-15(12)7-10(9)2/h6-8H,3-5H2,1-2H3. The molecule has 2 aromatic rings. The first-order valence-electron chi connectivity index (χ1n) is 6.08. The van der Waals surface area contributed by atoms with E-state index in [-0.39, 0.29) is 0 Å². The van der Waals surface area contributed by atoms with Gasteiger partial charge in [-0.1, -0.05) is 0 Å². The predicted octanol–water partition coefficient (Wildman–Crippen LogP) is 3.15. The van der Waals surface area contributed by atoms with E-state index in [4.69, 9.17) is 4.98 Å². The molecule has 0 fully saturated rings. The first-order valence-corrected chi connectivity index (χ1v) is 6.08. The molecule has 2 heteroatoms. The number of hydrogen-bond acceptors (Lipinski definition) is 2. The average Bonchev–Trinajstić information content (AvgIpc) is 2.75. The molecule has 1 aromatic heterocycles. The molecule has 1 aliphatic carbocycles. The minimum Gasteiger partial charge on any atom is -0.298 e. The third-order valence-corrected chi connectivity index (χ3v) is 3.79. The summed E-state index contributed by atoms with van der Waals surface area (Å²) in [5, 5.41) is 1.02. The molecule has 0 spiro atoms. The van der Waals surface area contributed by atoms with Crippen LogP contribution in [0, 0.1) is 13.8 Å². The number of nitrogens with zero attached hydrogens (tertiary/aromatic N) is 1. The summed E-state index contributed by atoms with van der Waals surface area (Å²) in [5.74, 6) is 0. The van der Waals surface area contributed by atoms with E-state index in [0.29, 0.717) is 0 Å². The van der Waals surface area contributed by atoms with E-state index in [0.717, 1.165) is 47.7 Å². The quantitative estimate of drug-likeness (QED) is 0.698. The van der Waals surface area contributed by atoms with Gasteiger partial charge < -0.3 is 0 Å². The fraction of sp³-hybridized carbons (Fsp3) is 0.333. The molecule has 0 radical (unpaired) electrons. The molecule has 17 heavy (non-hydrogen) atoms. The van der Waals surface area contributed by atoms with Crippen molar-refractivity contribution in [2.24, 2.45) is 0 Å². The molecular formula is C15H15NO. The van der Waals surface area contributed by atoms with Gasteiger partial charge in [-0.15, -0.1) is 0 Å². The number of fused-ring (bicyclic) bond motifs is 2. The maximum Gasteiger partial charge on any atom is 0.151 e. The fourth-order valence-electron chi connectivity index (χ4n) is 2.69. The molecule has 0 bridgehead atoms. The van der Waals surface area contributed by atoms with Crippen molar-refractivity contribution in [1.82, 2.24) is 4.98 Å². The molecule has 0 amide bonds. The second kappa shape index (κ2) is 3.66. The van der Waals surface area contributed by atoms with Crippen molar-refractivity contribution in [3.63, 3.8) is 0 Å². The van der Waals surface area contributed by atoms with Crippen LogP contribution in [0.5, 0.6) is 0 Å². The molecule has 3 rings (SSSR count). The van der Waals surface area contributed by atoms with Crippen LogP contribution in [0.25, 0.3) is 10.9 Å². The number of aryl methyl sites for hydroxylation is 3. The predicted molar refractivity (Wildman–Crippen MR) is 68.6 cm³/mol. The summed E-state index contributed by atoms with van der Waals surface area (Å²) in [7, 11) is 0. The molecule has 86 valence electrons. The van der Waals surface area contributed by atoms with E-state index in [1.165, 1.54) is 16.7 Å². The van der Waals surface area contributed by atoms with Crippen LogP contribution >= 0.6 is 0 Å². The van der Waals surface area contributed by atoms with Gasteiger partial charge in [0.1, 0.15) is 0 Å². The second-order valence-corrected chi connectivity index (χ2v) is 4.88. The fourth-order valence-corrected chi connectivity index (χ4v) is 2.69. The molecule has 0 atom stereocenters. The second-order valence-electron chi connectivity index (χ2n) is 4.88. The van der Waals surface area contributed by atoms with Crippen LogP contribution in [0.2, 0.25) is 0 Å². The maximum atomic E-state index is 11.3. The Morgan fingerprint density at radius 3 is 2.71 bits per heavy atom. The third kappa shape index (κ3) is 1.47. The Morgan fingerprint density at radius 1 is 1.18 bits per heavy atom. The van der Waals surface area contributed by atoms with Gasteiger partial charge in [-0.3, -0.25) is 9.78 Å². The number of aldehydes is 1. The first-order chi connectivity index (χ1) is 8.20. The Balaban J connectivity index is 2.45. The van der Waals surface area contributed by atoms with E-state index >= 15 is 0 Å². The van der Waals surface area contributed by atoms with Crippen molar-refractivity contribution < 1.29 is 4.79 Å². The Hall–Kier alpha value is -1.70. The maximum absolute atomic E-state index is 11.3. The van der Waals surface area contributed by atoms with Crippen molar-refractivity contribution in [2.75, 3.05) is 0 Å². The highest BCUT2D eigenvalue weighted by Gasteiger charge is 2.19. The first kappa shape index (κ1) is 10.5. The Morgan fingerprint density at radius 2 is 1.94 bits per heavy atom. The minimum atomic E-state index is 0.866. The molecule has 1 aliphatic rings. The molecular weight excluding hydrogens is 210 g/mol. The topological polar surface area (TPSA) is 30.0 Å². The van der Waals surface area contributed by atoms with Crippen molar-refractivity contribution >= 4 is 17.2 Å². The number of aromatic nitrogens is 1. The zero-order chi connectivity index (χ0) is 12.0. The normalized spacial score (nSPS) is 14.0. The molecule has 0 unspecified atom stereocenters. The van der Waals surface area contributed by atoms with E-state index in [2.05, 4.69) is 26.0 Å². The minimum absolute atomic E-state index is 0.866. The van der Waals surface area contributed by atoms with Crippen LogP contribution < -0.4 is 0 Å². The number of rotatable bonds is 1. The highest BCUT2D eigenvalue weighted by atomic mass is 16.1. The van der Waals surface area contributed by atoms with Gasteiger partial charge in [0, 0.05) is 16.6 Å². The smallest absolute Gasteiger partial charge is 0.151 e. The highest BCUT2D eigenvalue weighted by Crippen LogP contribution is 2.30. The van der Waals surface area contributed by atoms with Crippen LogP contribution in [-0.4, -0.2) is 11.3 Å². The number of carbonyl (C=O) groups is 1. The molecule has 0 saturated heterocycles. The molecule has 1 heterocycles. The molecule has 1 aromatic carbocycles. The van der Waals surface area contributed by atoms with Gasteiger partial charge in [-0.2, -0.15) is 0 Å². The monoisotopic (exact) mass is 225 g/mol. The summed E-state index contributed by atoms with van der Waals surface area (Å²) in [6.07, 6.45) is 4.14. The van der Waals surface area contributed by atoms with Crippen LogP contribution in [-0.2, 0) is 12.8 Å². The van der Waals surface area contributed by atoms with Crippen LogP contribution in [0.1, 0.15) is 39.2 Å². The van der Waals surface area contributed by atoms with Gasteiger partial charge in [-0.25, -0.2) is 0 Å². The van der Waals surface area contributed by atoms with Crippen LogP contribution in [0.3, 0.4) is 0 Å². The number of benzene rings is 1. The Kier molecular flexibility index (Phi) is 2.25. The van der Waals surface area contributed by atoms with Gasteiger partial charge in [-0.05, 0) is 61.9 Å². The lowest BCUT2D eigenvalue weighted by Gasteiger charge is -2.09. The SMILES string of the molecule is Cc1cc2nc3c(c(C=O)c2cc1C)CCC3. The van der Waals surface area contributed by atoms with Crippen LogP contribution in [0.15, 0.2) is 12.1 Å². The summed E-state index contributed by atoms with van der Waals surface area (Å²) in [5.41, 5.74) is 6.60. The lowest BCUT2D eigenvalue weighted by Crippen LogP contribution is -1.98. The zero-order valence-corrected chi connectivity index (χ0v) is 10.2. The molecule has 2 nitrogen and oxygen atoms in total. The third-order valence-electron chi connectivity index (χ3n) is 3.79. The van der Waals surface area contributed by atoms with Crippen molar-refractivity contribution in [3.8, 4) is 0 Å². The van der Waals surface area contributed by atoms with Crippen LogP contribution in [0.4, 0.5) is 0 Å². The number of pyridine rings is 1. The Labute approximate surface area is 101 Å². The lowest BCUT2D eigenvalue weighted by molar-refractivity contribution is 0.112. The summed E-state index contributed by atoms with van der Waals surface area (Å²) < 4.78 is 0. The van der Waals surface area contributed by atoms with Gasteiger partial charge >= 0.3 is 0 Å². The molecule has 0 saturated carbocycles. The van der Waals surface area contributed by atoms with Gasteiger partial charge in [0.05, 0.1) is 5.52 Å². The van der Waals surface area contributed by atoms with E-state index in [1.54, 1.807) is 0 Å². The largest absolute Gasteiger partial charge is 0.298 e. The van der Waals surface area contributed by atoms with Crippen molar-refractivity contribution in [3.05, 3.63) is 40.1 Å². The molecule has 0 aliphatic heterocycles. The zero-order valence-electron chi connectivity index (χ0n) is 10.2. The average molecular weight is 225 g/mol. The summed E-state index contributed by atoms with van der Waals surface area (Å²) in [6, 6.07) is 4.19. The number of hydrogen-bond donors (Lipinski definition) is 0. The molecule has 0 N–H and O–H groups in total. The van der Waals surface area contributed by atoms with Gasteiger partial charge in [0.25, 0.3) is 0 Å². The number of carbonyl (C=O) groups excluding carboxylic acids is 1. The summed E-state index contributed by atoms with van der Waals surface area (Å²) in [4.78, 5) is 16.1. The summed E-state index contributed by atoms with van der Waals surface area (Å²) in [6.45, 7) is 4.17.